The Hall–Kier alpha value is -1.88. The van der Waals surface area contributed by atoms with Gasteiger partial charge >= 0.3 is 0 Å². The van der Waals surface area contributed by atoms with Gasteiger partial charge in [0.25, 0.3) is 0 Å². The molecule has 1 aromatic heterocycles. The lowest BCUT2D eigenvalue weighted by Crippen LogP contribution is -2.12. The number of nitrogens with one attached hydrogen (secondary N) is 1. The van der Waals surface area contributed by atoms with Crippen LogP contribution in [0.25, 0.3) is 0 Å². The second-order valence-electron chi connectivity index (χ2n) is 6.26. The summed E-state index contributed by atoms with van der Waals surface area (Å²) in [6, 6.07) is 8.50. The first-order chi connectivity index (χ1) is 11.2. The molecule has 4 nitrogen and oxygen atoms in total. The van der Waals surface area contributed by atoms with Crippen molar-refractivity contribution in [2.75, 3.05) is 7.05 Å². The van der Waals surface area contributed by atoms with Crippen molar-refractivity contribution >= 4 is 0 Å². The van der Waals surface area contributed by atoms with Crippen molar-refractivity contribution in [1.82, 2.24) is 15.1 Å². The number of hydrogen-bond acceptors (Lipinski definition) is 3. The molecule has 1 aromatic carbocycles. The third-order valence-electron chi connectivity index (χ3n) is 4.33. The van der Waals surface area contributed by atoms with Crippen molar-refractivity contribution in [2.24, 2.45) is 5.92 Å². The Balaban J connectivity index is 1.70. The van der Waals surface area contributed by atoms with E-state index in [-0.39, 0.29) is 5.82 Å². The summed E-state index contributed by atoms with van der Waals surface area (Å²) in [5, 5.41) is 7.77. The first-order valence-electron chi connectivity index (χ1n) is 8.33. The molecule has 1 aliphatic carbocycles. The number of nitrogens with zero attached hydrogens (tertiary/aromatic N) is 2. The Bertz CT molecular complexity index is 635. The number of hydrogen-bond donors (Lipinski definition) is 1. The van der Waals surface area contributed by atoms with Crippen molar-refractivity contribution in [3.63, 3.8) is 0 Å². The lowest BCUT2D eigenvalue weighted by molar-refractivity contribution is 0.261. The monoisotopic (exact) mass is 317 g/mol. The number of benzene rings is 1. The first-order valence-corrected chi connectivity index (χ1v) is 8.33. The minimum atomic E-state index is -0.235. The summed E-state index contributed by atoms with van der Waals surface area (Å²) in [4.78, 5) is 0. The first kappa shape index (κ1) is 16.0. The molecule has 0 spiro atoms. The molecule has 1 aliphatic rings. The molecule has 124 valence electrons. The average molecular weight is 317 g/mol. The smallest absolute Gasteiger partial charge is 0.212 e. The van der Waals surface area contributed by atoms with Gasteiger partial charge in [0.05, 0.1) is 5.69 Å². The molecule has 0 amide bonds. The van der Waals surface area contributed by atoms with Crippen molar-refractivity contribution in [1.29, 1.82) is 0 Å². The van der Waals surface area contributed by atoms with Gasteiger partial charge in [-0.05, 0) is 43.5 Å². The summed E-state index contributed by atoms with van der Waals surface area (Å²) in [6.45, 7) is 1.98. The average Bonchev–Trinajstić information content (AvgIpc) is 3.16. The van der Waals surface area contributed by atoms with E-state index in [2.05, 4.69) is 10.4 Å². The van der Waals surface area contributed by atoms with Crippen LogP contribution < -0.4 is 10.1 Å². The van der Waals surface area contributed by atoms with Crippen LogP contribution in [0.2, 0.25) is 0 Å². The van der Waals surface area contributed by atoms with E-state index < -0.39 is 0 Å². The van der Waals surface area contributed by atoms with Crippen LogP contribution in [0, 0.1) is 11.7 Å². The SMILES string of the molecule is CNCc1cc(OCc2cccc(F)c2)n(CC2CCCC2)n1. The summed E-state index contributed by atoms with van der Waals surface area (Å²) in [6.07, 6.45) is 5.17. The molecule has 1 fully saturated rings. The molecule has 0 saturated heterocycles. The van der Waals surface area contributed by atoms with E-state index in [1.54, 1.807) is 6.07 Å². The van der Waals surface area contributed by atoms with Crippen molar-refractivity contribution in [3.8, 4) is 5.88 Å². The quantitative estimate of drug-likeness (QED) is 0.849. The highest BCUT2D eigenvalue weighted by Crippen LogP contribution is 2.28. The predicted molar refractivity (Wildman–Crippen MR) is 87.7 cm³/mol. The Morgan fingerprint density at radius 3 is 2.87 bits per heavy atom. The maximum Gasteiger partial charge on any atom is 0.212 e. The summed E-state index contributed by atoms with van der Waals surface area (Å²) >= 11 is 0. The largest absolute Gasteiger partial charge is 0.473 e. The highest BCUT2D eigenvalue weighted by atomic mass is 19.1. The van der Waals surface area contributed by atoms with Crippen LogP contribution in [-0.2, 0) is 19.7 Å². The van der Waals surface area contributed by atoms with Crippen LogP contribution in [0.3, 0.4) is 0 Å². The van der Waals surface area contributed by atoms with Gasteiger partial charge in [0, 0.05) is 19.2 Å². The maximum atomic E-state index is 13.3. The molecule has 0 aliphatic heterocycles. The van der Waals surface area contributed by atoms with Crippen LogP contribution in [0.1, 0.15) is 36.9 Å². The Labute approximate surface area is 136 Å². The van der Waals surface area contributed by atoms with Gasteiger partial charge in [-0.2, -0.15) is 5.10 Å². The Morgan fingerprint density at radius 1 is 1.30 bits per heavy atom. The van der Waals surface area contributed by atoms with E-state index in [1.165, 1.54) is 37.8 Å². The van der Waals surface area contributed by atoms with Gasteiger partial charge in [0.1, 0.15) is 12.4 Å². The Kier molecular flexibility index (Phi) is 5.28. The van der Waals surface area contributed by atoms with Gasteiger partial charge in [-0.3, -0.25) is 0 Å². The van der Waals surface area contributed by atoms with Crippen molar-refractivity contribution in [3.05, 3.63) is 47.4 Å². The molecule has 1 N–H and O–H groups in total. The second kappa shape index (κ2) is 7.59. The highest BCUT2D eigenvalue weighted by molar-refractivity contribution is 5.19. The molecule has 23 heavy (non-hydrogen) atoms. The fourth-order valence-corrected chi connectivity index (χ4v) is 3.19. The minimum absolute atomic E-state index is 0.235. The predicted octanol–water partition coefficient (Wildman–Crippen LogP) is 3.51. The lowest BCUT2D eigenvalue weighted by atomic mass is 10.1. The standard InChI is InChI=1S/C18H24FN3O/c1-20-11-17-10-18(22(21-17)12-14-5-2-3-6-14)23-13-15-7-4-8-16(19)9-15/h4,7-10,14,20H,2-3,5-6,11-13H2,1H3. The molecule has 1 heterocycles. The fraction of sp³-hybridized carbons (Fsp3) is 0.500. The molecular formula is C18H24FN3O. The molecule has 0 bridgehead atoms. The van der Waals surface area contributed by atoms with E-state index in [9.17, 15) is 4.39 Å². The van der Waals surface area contributed by atoms with E-state index in [1.807, 2.05) is 23.9 Å². The van der Waals surface area contributed by atoms with E-state index >= 15 is 0 Å². The third kappa shape index (κ3) is 4.32. The van der Waals surface area contributed by atoms with Crippen LogP contribution in [0.5, 0.6) is 5.88 Å². The van der Waals surface area contributed by atoms with Gasteiger partial charge in [0.15, 0.2) is 0 Å². The summed E-state index contributed by atoms with van der Waals surface area (Å²) in [5.74, 6) is 1.22. The fourth-order valence-electron chi connectivity index (χ4n) is 3.19. The summed E-state index contributed by atoms with van der Waals surface area (Å²) in [5.41, 5.74) is 1.80. The summed E-state index contributed by atoms with van der Waals surface area (Å²) < 4.78 is 21.2. The van der Waals surface area contributed by atoms with E-state index in [4.69, 9.17) is 4.74 Å². The van der Waals surface area contributed by atoms with Gasteiger partial charge < -0.3 is 10.1 Å². The van der Waals surface area contributed by atoms with Crippen molar-refractivity contribution in [2.45, 2.75) is 45.4 Å². The van der Waals surface area contributed by atoms with Gasteiger partial charge in [-0.25, -0.2) is 9.07 Å². The minimum Gasteiger partial charge on any atom is -0.473 e. The molecular weight excluding hydrogens is 293 g/mol. The third-order valence-corrected chi connectivity index (χ3v) is 4.33. The zero-order valence-electron chi connectivity index (χ0n) is 13.6. The molecule has 0 unspecified atom stereocenters. The molecule has 2 aromatic rings. The highest BCUT2D eigenvalue weighted by Gasteiger charge is 2.18. The van der Waals surface area contributed by atoms with Gasteiger partial charge in [-0.15, -0.1) is 0 Å². The van der Waals surface area contributed by atoms with Crippen LogP contribution in [0.4, 0.5) is 4.39 Å². The van der Waals surface area contributed by atoms with E-state index in [0.29, 0.717) is 19.1 Å². The normalized spacial score (nSPS) is 15.2. The number of rotatable bonds is 7. The summed E-state index contributed by atoms with van der Waals surface area (Å²) in [7, 11) is 1.91. The van der Waals surface area contributed by atoms with Crippen LogP contribution >= 0.6 is 0 Å². The van der Waals surface area contributed by atoms with Gasteiger partial charge in [-0.1, -0.05) is 25.0 Å². The van der Waals surface area contributed by atoms with E-state index in [0.717, 1.165) is 23.7 Å². The molecule has 0 radical (unpaired) electrons. The molecule has 1 saturated carbocycles. The topological polar surface area (TPSA) is 39.1 Å². The number of halogens is 1. The van der Waals surface area contributed by atoms with Crippen molar-refractivity contribution < 1.29 is 9.13 Å². The zero-order chi connectivity index (χ0) is 16.1. The molecule has 5 heteroatoms. The maximum absolute atomic E-state index is 13.3. The zero-order valence-corrected chi connectivity index (χ0v) is 13.6. The van der Waals surface area contributed by atoms with Crippen LogP contribution in [0.15, 0.2) is 30.3 Å². The molecule has 3 rings (SSSR count). The van der Waals surface area contributed by atoms with Crippen LogP contribution in [-0.4, -0.2) is 16.8 Å². The second-order valence-corrected chi connectivity index (χ2v) is 6.26. The molecule has 0 atom stereocenters. The number of aromatic nitrogens is 2. The lowest BCUT2D eigenvalue weighted by Gasteiger charge is -2.13. The van der Waals surface area contributed by atoms with Gasteiger partial charge in [0.2, 0.25) is 5.88 Å². The Morgan fingerprint density at radius 2 is 2.13 bits per heavy atom. The number of ether oxygens (including phenoxy) is 1.